The predicted octanol–water partition coefficient (Wildman–Crippen LogP) is 4.06. The Hall–Kier alpha value is -0.820. The third-order valence-corrected chi connectivity index (χ3v) is 3.46. The lowest BCUT2D eigenvalue weighted by molar-refractivity contribution is 0.600. The van der Waals surface area contributed by atoms with Crippen LogP contribution in [-0.2, 0) is 0 Å². The third kappa shape index (κ3) is 3.34. The maximum atomic E-state index is 3.58. The molecule has 2 atom stereocenters. The fourth-order valence-corrected chi connectivity index (χ4v) is 2.38. The lowest BCUT2D eigenvalue weighted by atomic mass is 10.0. The van der Waals surface area contributed by atoms with Gasteiger partial charge in [-0.15, -0.1) is 0 Å². The first-order valence-electron chi connectivity index (χ1n) is 6.73. The van der Waals surface area contributed by atoms with Crippen LogP contribution in [0, 0.1) is 0 Å². The molecule has 0 amide bonds. The Morgan fingerprint density at radius 2 is 1.75 bits per heavy atom. The van der Waals surface area contributed by atoms with E-state index in [1.807, 2.05) is 0 Å². The smallest absolute Gasteiger partial charge is 0.0478 e. The van der Waals surface area contributed by atoms with E-state index in [-0.39, 0.29) is 0 Å². The van der Waals surface area contributed by atoms with Crippen LogP contribution in [0.5, 0.6) is 0 Å². The van der Waals surface area contributed by atoms with Crippen LogP contribution in [0.2, 0.25) is 0 Å². The second kappa shape index (κ2) is 6.05. The molecular weight excluding hydrogens is 194 g/mol. The van der Waals surface area contributed by atoms with E-state index in [2.05, 4.69) is 42.6 Å². The molecule has 0 saturated carbocycles. The zero-order chi connectivity index (χ0) is 11.2. The summed E-state index contributed by atoms with van der Waals surface area (Å²) in [6.07, 6.45) is 8.31. The van der Waals surface area contributed by atoms with Crippen LogP contribution >= 0.6 is 0 Å². The number of benzene rings is 1. The summed E-state index contributed by atoms with van der Waals surface area (Å²) < 4.78 is 0. The van der Waals surface area contributed by atoms with Gasteiger partial charge in [0.1, 0.15) is 0 Å². The van der Waals surface area contributed by atoms with E-state index in [1.54, 1.807) is 0 Å². The maximum absolute atomic E-state index is 3.58. The molecule has 1 nitrogen and oxygen atoms in total. The molecule has 0 aromatic heterocycles. The van der Waals surface area contributed by atoms with Crippen LogP contribution in [0.3, 0.4) is 0 Å². The Kier molecular flexibility index (Phi) is 4.41. The van der Waals surface area contributed by atoms with Crippen LogP contribution in [0.25, 0.3) is 0 Å². The van der Waals surface area contributed by atoms with Crippen LogP contribution in [-0.4, -0.2) is 6.04 Å². The first-order valence-corrected chi connectivity index (χ1v) is 6.73. The van der Waals surface area contributed by atoms with Gasteiger partial charge in [0, 0.05) is 12.1 Å². The molecule has 1 N–H and O–H groups in total. The molecule has 0 aliphatic carbocycles. The summed E-state index contributed by atoms with van der Waals surface area (Å²) in [5.74, 6) is 0. The third-order valence-electron chi connectivity index (χ3n) is 3.46. The predicted molar refractivity (Wildman–Crippen MR) is 69.5 cm³/mol. The van der Waals surface area contributed by atoms with Crippen molar-refractivity contribution in [3.05, 3.63) is 35.9 Å². The van der Waals surface area contributed by atoms with E-state index >= 15 is 0 Å². The van der Waals surface area contributed by atoms with Crippen LogP contribution in [0.1, 0.15) is 57.1 Å². The number of unbranched alkanes of at least 4 members (excludes halogenated alkanes) is 4. The maximum Gasteiger partial charge on any atom is 0.0478 e. The van der Waals surface area contributed by atoms with Crippen LogP contribution < -0.4 is 5.32 Å². The molecule has 0 spiro atoms. The van der Waals surface area contributed by atoms with E-state index in [4.69, 9.17) is 0 Å². The van der Waals surface area contributed by atoms with Gasteiger partial charge in [0.05, 0.1) is 0 Å². The van der Waals surface area contributed by atoms with E-state index in [1.165, 1.54) is 44.1 Å². The molecule has 1 saturated heterocycles. The quantitative estimate of drug-likeness (QED) is 0.540. The normalized spacial score (nSPS) is 23.3. The Bertz CT molecular complexity index is 294. The van der Waals surface area contributed by atoms with Gasteiger partial charge in [0.15, 0.2) is 0 Å². The summed E-state index contributed by atoms with van der Waals surface area (Å²) in [5, 5.41) is 3.58. The minimum Gasteiger partial charge on any atom is -0.304 e. The van der Waals surface area contributed by atoms with Gasteiger partial charge in [-0.25, -0.2) is 0 Å². The highest BCUT2D eigenvalue weighted by atomic mass is 15.1. The standard InChI is InChI=1S/C15H23N/c1-2-3-4-5-9-12-14-15(16-14)13-10-7-6-8-11-13/h6-8,10-11,14-16H,2-5,9,12H2,1H3. The first-order chi connectivity index (χ1) is 7.92. The van der Waals surface area contributed by atoms with Gasteiger partial charge < -0.3 is 5.32 Å². The molecule has 1 aliphatic rings. The van der Waals surface area contributed by atoms with Crippen molar-refractivity contribution < 1.29 is 0 Å². The fourth-order valence-electron chi connectivity index (χ4n) is 2.38. The largest absolute Gasteiger partial charge is 0.304 e. The number of hydrogen-bond acceptors (Lipinski definition) is 1. The summed E-state index contributed by atoms with van der Waals surface area (Å²) in [6, 6.07) is 12.2. The summed E-state index contributed by atoms with van der Waals surface area (Å²) in [6.45, 7) is 2.27. The molecular formula is C15H23N. The van der Waals surface area contributed by atoms with Crippen molar-refractivity contribution >= 4 is 0 Å². The topological polar surface area (TPSA) is 21.9 Å². The van der Waals surface area contributed by atoms with Gasteiger partial charge in [-0.05, 0) is 12.0 Å². The molecule has 1 heteroatoms. The fraction of sp³-hybridized carbons (Fsp3) is 0.600. The van der Waals surface area contributed by atoms with Gasteiger partial charge in [-0.1, -0.05) is 69.4 Å². The average Bonchev–Trinajstić information content (AvgIpc) is 3.10. The summed E-state index contributed by atoms with van der Waals surface area (Å²) in [7, 11) is 0. The molecule has 1 heterocycles. The summed E-state index contributed by atoms with van der Waals surface area (Å²) in [5.41, 5.74) is 1.46. The number of nitrogens with one attached hydrogen (secondary N) is 1. The molecule has 1 aromatic rings. The average molecular weight is 217 g/mol. The van der Waals surface area contributed by atoms with Crippen LogP contribution in [0.4, 0.5) is 0 Å². The van der Waals surface area contributed by atoms with E-state index in [9.17, 15) is 0 Å². The van der Waals surface area contributed by atoms with Crippen molar-refractivity contribution in [2.75, 3.05) is 0 Å². The van der Waals surface area contributed by atoms with Crippen molar-refractivity contribution in [1.82, 2.24) is 5.32 Å². The highest BCUT2D eigenvalue weighted by molar-refractivity contribution is 5.25. The van der Waals surface area contributed by atoms with Crippen molar-refractivity contribution in [2.24, 2.45) is 0 Å². The van der Waals surface area contributed by atoms with Crippen molar-refractivity contribution in [1.29, 1.82) is 0 Å². The molecule has 2 unspecified atom stereocenters. The van der Waals surface area contributed by atoms with Crippen molar-refractivity contribution in [2.45, 2.75) is 57.5 Å². The van der Waals surface area contributed by atoms with Gasteiger partial charge in [0.2, 0.25) is 0 Å². The van der Waals surface area contributed by atoms with Gasteiger partial charge >= 0.3 is 0 Å². The monoisotopic (exact) mass is 217 g/mol. The Labute approximate surface area is 99.3 Å². The molecule has 1 aromatic carbocycles. The molecule has 1 fully saturated rings. The molecule has 0 radical (unpaired) electrons. The Balaban J connectivity index is 1.61. The van der Waals surface area contributed by atoms with Gasteiger partial charge in [0.25, 0.3) is 0 Å². The van der Waals surface area contributed by atoms with Gasteiger partial charge in [-0.3, -0.25) is 0 Å². The van der Waals surface area contributed by atoms with Crippen LogP contribution in [0.15, 0.2) is 30.3 Å². The number of hydrogen-bond donors (Lipinski definition) is 1. The lowest BCUT2D eigenvalue weighted by Gasteiger charge is -1.99. The minimum atomic E-state index is 0.646. The second-order valence-corrected chi connectivity index (χ2v) is 4.86. The summed E-state index contributed by atoms with van der Waals surface area (Å²) >= 11 is 0. The van der Waals surface area contributed by atoms with E-state index in [0.717, 1.165) is 6.04 Å². The Morgan fingerprint density at radius 1 is 1.00 bits per heavy atom. The highest BCUT2D eigenvalue weighted by Crippen LogP contribution is 2.32. The molecule has 0 bridgehead atoms. The zero-order valence-corrected chi connectivity index (χ0v) is 10.3. The SMILES string of the molecule is CCCCCCCC1NC1c1ccccc1. The van der Waals surface area contributed by atoms with Crippen molar-refractivity contribution in [3.8, 4) is 0 Å². The molecule has 16 heavy (non-hydrogen) atoms. The lowest BCUT2D eigenvalue weighted by Crippen LogP contribution is -1.90. The molecule has 88 valence electrons. The highest BCUT2D eigenvalue weighted by Gasteiger charge is 2.35. The van der Waals surface area contributed by atoms with Gasteiger partial charge in [-0.2, -0.15) is 0 Å². The van der Waals surface area contributed by atoms with E-state index in [0.29, 0.717) is 6.04 Å². The Morgan fingerprint density at radius 3 is 2.50 bits per heavy atom. The zero-order valence-electron chi connectivity index (χ0n) is 10.3. The first kappa shape index (κ1) is 11.7. The second-order valence-electron chi connectivity index (χ2n) is 4.86. The number of rotatable bonds is 7. The minimum absolute atomic E-state index is 0.646. The summed E-state index contributed by atoms with van der Waals surface area (Å²) in [4.78, 5) is 0. The molecule has 1 aliphatic heterocycles. The van der Waals surface area contributed by atoms with E-state index < -0.39 is 0 Å². The molecule has 2 rings (SSSR count). The van der Waals surface area contributed by atoms with Crippen molar-refractivity contribution in [3.63, 3.8) is 0 Å².